The molecule has 1 saturated carbocycles. The van der Waals surface area contributed by atoms with Gasteiger partial charge in [-0.05, 0) is 31.9 Å². The number of carboxylic acids is 1. The van der Waals surface area contributed by atoms with Crippen LogP contribution in [0.25, 0.3) is 0 Å². The molecule has 0 aromatic carbocycles. The molecule has 6 heteroatoms. The molecule has 0 bridgehead atoms. The summed E-state index contributed by atoms with van der Waals surface area (Å²) in [6, 6.07) is 3.32. The molecule has 0 unspecified atom stereocenters. The third-order valence-corrected chi connectivity index (χ3v) is 4.16. The van der Waals surface area contributed by atoms with Crippen LogP contribution in [0, 0.1) is 6.92 Å². The van der Waals surface area contributed by atoms with Crippen LogP contribution >= 0.6 is 0 Å². The predicted molar refractivity (Wildman–Crippen MR) is 81.1 cm³/mol. The summed E-state index contributed by atoms with van der Waals surface area (Å²) in [6.07, 6.45) is 4.51. The fourth-order valence-corrected chi connectivity index (χ4v) is 2.87. The Kier molecular flexibility index (Phi) is 5.00. The van der Waals surface area contributed by atoms with Gasteiger partial charge in [0.05, 0.1) is 7.11 Å². The van der Waals surface area contributed by atoms with Crippen molar-refractivity contribution in [1.29, 1.82) is 0 Å². The molecular weight excluding hydrogens is 284 g/mol. The Bertz CT molecular complexity index is 563. The number of rotatable bonds is 4. The SMILES string of the molecule is COc1nc(C)ccc1C(=O)NC1(C(=O)O)CCCCCC1. The molecule has 1 heterocycles. The first-order valence-corrected chi connectivity index (χ1v) is 7.56. The van der Waals surface area contributed by atoms with Crippen molar-refractivity contribution in [1.82, 2.24) is 10.3 Å². The van der Waals surface area contributed by atoms with E-state index in [2.05, 4.69) is 10.3 Å². The van der Waals surface area contributed by atoms with Crippen molar-refractivity contribution in [2.24, 2.45) is 0 Å². The molecule has 1 aliphatic carbocycles. The summed E-state index contributed by atoms with van der Waals surface area (Å²) in [4.78, 5) is 28.4. The van der Waals surface area contributed by atoms with Gasteiger partial charge < -0.3 is 15.2 Å². The summed E-state index contributed by atoms with van der Waals surface area (Å²) in [5.74, 6) is -1.21. The minimum Gasteiger partial charge on any atom is -0.480 e. The first-order valence-electron chi connectivity index (χ1n) is 7.56. The molecule has 120 valence electrons. The van der Waals surface area contributed by atoms with Gasteiger partial charge in [0, 0.05) is 5.69 Å². The zero-order valence-electron chi connectivity index (χ0n) is 13.0. The highest BCUT2D eigenvalue weighted by Crippen LogP contribution is 2.28. The first-order chi connectivity index (χ1) is 10.5. The quantitative estimate of drug-likeness (QED) is 0.833. The Balaban J connectivity index is 2.26. The molecule has 0 saturated heterocycles. The van der Waals surface area contributed by atoms with Gasteiger partial charge in [0.2, 0.25) is 5.88 Å². The number of pyridine rings is 1. The van der Waals surface area contributed by atoms with E-state index < -0.39 is 17.4 Å². The summed E-state index contributed by atoms with van der Waals surface area (Å²) in [6.45, 7) is 1.80. The van der Waals surface area contributed by atoms with Gasteiger partial charge >= 0.3 is 5.97 Å². The maximum absolute atomic E-state index is 12.5. The Morgan fingerprint density at radius 1 is 1.23 bits per heavy atom. The van der Waals surface area contributed by atoms with Gasteiger partial charge in [-0.25, -0.2) is 9.78 Å². The maximum Gasteiger partial charge on any atom is 0.329 e. The van der Waals surface area contributed by atoms with Crippen molar-refractivity contribution in [3.8, 4) is 5.88 Å². The third kappa shape index (κ3) is 3.37. The number of aliphatic carboxylic acids is 1. The van der Waals surface area contributed by atoms with E-state index in [0.717, 1.165) is 31.4 Å². The molecule has 1 aromatic rings. The lowest BCUT2D eigenvalue weighted by Gasteiger charge is -2.29. The number of carbonyl (C=O) groups is 2. The largest absolute Gasteiger partial charge is 0.480 e. The van der Waals surface area contributed by atoms with E-state index in [9.17, 15) is 14.7 Å². The highest BCUT2D eigenvalue weighted by atomic mass is 16.5. The van der Waals surface area contributed by atoms with Crippen LogP contribution in [0.4, 0.5) is 0 Å². The van der Waals surface area contributed by atoms with Gasteiger partial charge in [-0.1, -0.05) is 25.7 Å². The van der Waals surface area contributed by atoms with E-state index >= 15 is 0 Å². The van der Waals surface area contributed by atoms with Crippen molar-refractivity contribution in [2.45, 2.75) is 51.0 Å². The third-order valence-electron chi connectivity index (χ3n) is 4.16. The second-order valence-electron chi connectivity index (χ2n) is 5.77. The molecular formula is C16H22N2O4. The number of hydrogen-bond donors (Lipinski definition) is 2. The Morgan fingerprint density at radius 3 is 2.41 bits per heavy atom. The second kappa shape index (κ2) is 6.77. The van der Waals surface area contributed by atoms with E-state index in [1.165, 1.54) is 7.11 Å². The fraction of sp³-hybridized carbons (Fsp3) is 0.562. The topological polar surface area (TPSA) is 88.5 Å². The highest BCUT2D eigenvalue weighted by Gasteiger charge is 2.40. The van der Waals surface area contributed by atoms with Gasteiger partial charge in [-0.3, -0.25) is 4.79 Å². The number of carbonyl (C=O) groups excluding carboxylic acids is 1. The van der Waals surface area contributed by atoms with Crippen LogP contribution in [0.1, 0.15) is 54.6 Å². The maximum atomic E-state index is 12.5. The number of aromatic nitrogens is 1. The fourth-order valence-electron chi connectivity index (χ4n) is 2.87. The number of hydrogen-bond acceptors (Lipinski definition) is 4. The summed E-state index contributed by atoms with van der Waals surface area (Å²) in [5, 5.41) is 12.3. The molecule has 1 fully saturated rings. The van der Waals surface area contributed by atoms with E-state index in [0.29, 0.717) is 12.8 Å². The van der Waals surface area contributed by atoms with Crippen molar-refractivity contribution >= 4 is 11.9 Å². The smallest absolute Gasteiger partial charge is 0.329 e. The average molecular weight is 306 g/mol. The number of nitrogens with zero attached hydrogens (tertiary/aromatic N) is 1. The van der Waals surface area contributed by atoms with Crippen LogP contribution in [0.5, 0.6) is 5.88 Å². The summed E-state index contributed by atoms with van der Waals surface area (Å²) >= 11 is 0. The minimum absolute atomic E-state index is 0.215. The van der Waals surface area contributed by atoms with Crippen LogP contribution in [0.2, 0.25) is 0 Å². The van der Waals surface area contributed by atoms with Gasteiger partial charge in [-0.2, -0.15) is 0 Å². The zero-order chi connectivity index (χ0) is 16.2. The number of nitrogens with one attached hydrogen (secondary N) is 1. The predicted octanol–water partition coefficient (Wildman–Crippen LogP) is 2.31. The highest BCUT2D eigenvalue weighted by molar-refractivity contribution is 5.99. The number of ether oxygens (including phenoxy) is 1. The molecule has 0 aliphatic heterocycles. The van der Waals surface area contributed by atoms with E-state index in [-0.39, 0.29) is 11.4 Å². The van der Waals surface area contributed by atoms with E-state index in [1.807, 2.05) is 0 Å². The van der Waals surface area contributed by atoms with Crippen molar-refractivity contribution < 1.29 is 19.4 Å². The number of carboxylic acid groups (broad SMARTS) is 1. The van der Waals surface area contributed by atoms with Crippen LogP contribution in [0.15, 0.2) is 12.1 Å². The van der Waals surface area contributed by atoms with Crippen molar-refractivity contribution in [3.63, 3.8) is 0 Å². The lowest BCUT2D eigenvalue weighted by Crippen LogP contribution is -2.54. The molecule has 0 atom stereocenters. The molecule has 0 radical (unpaired) electrons. The zero-order valence-corrected chi connectivity index (χ0v) is 13.0. The molecule has 0 spiro atoms. The van der Waals surface area contributed by atoms with Crippen LogP contribution < -0.4 is 10.1 Å². The van der Waals surface area contributed by atoms with Crippen molar-refractivity contribution in [2.75, 3.05) is 7.11 Å². The second-order valence-corrected chi connectivity index (χ2v) is 5.77. The number of methoxy groups -OCH3 is 1. The van der Waals surface area contributed by atoms with Crippen LogP contribution in [0.3, 0.4) is 0 Å². The monoisotopic (exact) mass is 306 g/mol. The van der Waals surface area contributed by atoms with E-state index in [1.54, 1.807) is 19.1 Å². The lowest BCUT2D eigenvalue weighted by atomic mass is 9.90. The summed E-state index contributed by atoms with van der Waals surface area (Å²) < 4.78 is 5.14. The summed E-state index contributed by atoms with van der Waals surface area (Å²) in [7, 11) is 1.44. The Morgan fingerprint density at radius 2 is 1.86 bits per heavy atom. The lowest BCUT2D eigenvalue weighted by molar-refractivity contribution is -0.145. The van der Waals surface area contributed by atoms with Crippen molar-refractivity contribution in [3.05, 3.63) is 23.4 Å². The molecule has 1 amide bonds. The van der Waals surface area contributed by atoms with Gasteiger partial charge in [0.25, 0.3) is 5.91 Å². The average Bonchev–Trinajstić information content (AvgIpc) is 2.73. The van der Waals surface area contributed by atoms with Crippen LogP contribution in [-0.2, 0) is 4.79 Å². The Labute approximate surface area is 129 Å². The molecule has 2 rings (SSSR count). The summed E-state index contributed by atoms with van der Waals surface area (Å²) in [5.41, 5.74) is -0.197. The number of aryl methyl sites for hydroxylation is 1. The molecule has 22 heavy (non-hydrogen) atoms. The Hall–Kier alpha value is -2.11. The number of amides is 1. The normalized spacial score (nSPS) is 17.4. The van der Waals surface area contributed by atoms with Gasteiger partial charge in [-0.15, -0.1) is 0 Å². The van der Waals surface area contributed by atoms with E-state index in [4.69, 9.17) is 4.74 Å². The minimum atomic E-state index is -1.19. The first kappa shape index (κ1) is 16.3. The molecule has 6 nitrogen and oxygen atoms in total. The standard InChI is InChI=1S/C16H22N2O4/c1-11-7-8-12(14(17-11)22-2)13(19)18-16(15(20)21)9-5-3-4-6-10-16/h7-8H,3-6,9-10H2,1-2H3,(H,18,19)(H,20,21). The van der Waals surface area contributed by atoms with Crippen LogP contribution in [-0.4, -0.2) is 34.6 Å². The van der Waals surface area contributed by atoms with Gasteiger partial charge in [0.1, 0.15) is 11.1 Å². The molecule has 1 aliphatic rings. The molecule has 2 N–H and O–H groups in total. The molecule has 1 aromatic heterocycles. The van der Waals surface area contributed by atoms with Gasteiger partial charge in [0.15, 0.2) is 0 Å².